The minimum absolute atomic E-state index is 0.0658. The van der Waals surface area contributed by atoms with E-state index in [1.54, 1.807) is 24.5 Å². The Morgan fingerprint density at radius 3 is 2.83 bits per heavy atom. The van der Waals surface area contributed by atoms with Gasteiger partial charge in [0.25, 0.3) is 0 Å². The molecule has 2 rings (SSSR count). The maximum Gasteiger partial charge on any atom is 0.125 e. The Kier molecular flexibility index (Phi) is 3.89. The third-order valence-electron chi connectivity index (χ3n) is 2.78. The first-order chi connectivity index (χ1) is 8.76. The van der Waals surface area contributed by atoms with Gasteiger partial charge in [-0.1, -0.05) is 6.07 Å². The molecule has 1 heterocycles. The molecule has 0 saturated carbocycles. The first kappa shape index (κ1) is 12.5. The van der Waals surface area contributed by atoms with Crippen LogP contribution in [0.3, 0.4) is 0 Å². The van der Waals surface area contributed by atoms with Crippen molar-refractivity contribution in [1.29, 1.82) is 0 Å². The first-order valence-electron chi connectivity index (χ1n) is 5.83. The summed E-state index contributed by atoms with van der Waals surface area (Å²) in [6, 6.07) is 8.14. The lowest BCUT2D eigenvalue weighted by Gasteiger charge is -2.25. The van der Waals surface area contributed by atoms with E-state index in [1.165, 1.54) is 12.1 Å². The highest BCUT2D eigenvalue weighted by Gasteiger charge is 2.11. The van der Waals surface area contributed by atoms with E-state index in [-0.39, 0.29) is 12.4 Å². The Hall–Kier alpha value is -1.94. The van der Waals surface area contributed by atoms with Crippen molar-refractivity contribution in [2.75, 3.05) is 11.4 Å². The molecule has 0 fully saturated rings. The number of hydrogen-bond donors (Lipinski definition) is 1. The molecule has 0 spiro atoms. The van der Waals surface area contributed by atoms with Gasteiger partial charge < -0.3 is 10.0 Å². The van der Waals surface area contributed by atoms with Crippen molar-refractivity contribution < 1.29 is 9.50 Å². The van der Waals surface area contributed by atoms with E-state index in [0.717, 1.165) is 16.9 Å². The summed E-state index contributed by atoms with van der Waals surface area (Å²) >= 11 is 0. The highest BCUT2D eigenvalue weighted by atomic mass is 19.1. The summed E-state index contributed by atoms with van der Waals surface area (Å²) in [5, 5.41) is 9.34. The summed E-state index contributed by atoms with van der Waals surface area (Å²) < 4.78 is 13.3. The maximum absolute atomic E-state index is 13.3. The van der Waals surface area contributed by atoms with Crippen LogP contribution in [0, 0.1) is 5.82 Å². The van der Waals surface area contributed by atoms with Gasteiger partial charge in [0.15, 0.2) is 0 Å². The number of rotatable bonds is 4. The fraction of sp³-hybridized carbons (Fsp3) is 0.214. The van der Waals surface area contributed by atoms with Crippen LogP contribution in [0.5, 0.6) is 0 Å². The Balaban J connectivity index is 2.45. The lowest BCUT2D eigenvalue weighted by Crippen LogP contribution is -2.18. The van der Waals surface area contributed by atoms with Crippen molar-refractivity contribution >= 4 is 11.4 Å². The number of aliphatic hydroxyl groups is 1. The highest BCUT2D eigenvalue weighted by molar-refractivity contribution is 5.65. The number of benzene rings is 1. The molecule has 0 aliphatic heterocycles. The summed E-state index contributed by atoms with van der Waals surface area (Å²) in [6.07, 6.45) is 3.31. The van der Waals surface area contributed by atoms with Crippen molar-refractivity contribution in [2.24, 2.45) is 0 Å². The quantitative estimate of drug-likeness (QED) is 0.901. The summed E-state index contributed by atoms with van der Waals surface area (Å²) in [5.74, 6) is -0.277. The zero-order valence-electron chi connectivity index (χ0n) is 10.2. The fourth-order valence-electron chi connectivity index (χ4n) is 1.93. The first-order valence-corrected chi connectivity index (χ1v) is 5.83. The molecule has 0 aliphatic carbocycles. The molecule has 1 aromatic carbocycles. The maximum atomic E-state index is 13.3. The predicted molar refractivity (Wildman–Crippen MR) is 69.2 cm³/mol. The number of anilines is 2. The van der Waals surface area contributed by atoms with Gasteiger partial charge in [-0.15, -0.1) is 0 Å². The second kappa shape index (κ2) is 5.60. The van der Waals surface area contributed by atoms with E-state index < -0.39 is 0 Å². The fourth-order valence-corrected chi connectivity index (χ4v) is 1.93. The van der Waals surface area contributed by atoms with Crippen molar-refractivity contribution in [1.82, 2.24) is 4.98 Å². The number of nitrogens with zero attached hydrogens (tertiary/aromatic N) is 2. The molecule has 0 unspecified atom stereocenters. The summed E-state index contributed by atoms with van der Waals surface area (Å²) in [4.78, 5) is 5.98. The minimum atomic E-state index is -0.277. The molecule has 18 heavy (non-hydrogen) atoms. The van der Waals surface area contributed by atoms with Crippen LogP contribution >= 0.6 is 0 Å². The molecule has 3 nitrogen and oxygen atoms in total. The van der Waals surface area contributed by atoms with Crippen molar-refractivity contribution in [2.45, 2.75) is 13.5 Å². The standard InChI is InChI=1S/C14H15FN2O/c1-2-17(13-5-3-4-12(15)8-13)14-9-16-7-6-11(14)10-18/h3-9,18H,2,10H2,1H3. The Bertz CT molecular complexity index is 531. The van der Waals surface area contributed by atoms with Gasteiger partial charge in [0.1, 0.15) is 5.82 Å². The molecule has 0 aliphatic rings. The van der Waals surface area contributed by atoms with Gasteiger partial charge in [0, 0.05) is 24.0 Å². The summed E-state index contributed by atoms with van der Waals surface area (Å²) in [7, 11) is 0. The Morgan fingerprint density at radius 2 is 2.17 bits per heavy atom. The molecule has 1 N–H and O–H groups in total. The number of aromatic nitrogens is 1. The molecule has 4 heteroatoms. The second-order valence-corrected chi connectivity index (χ2v) is 3.89. The van der Waals surface area contributed by atoms with Crippen molar-refractivity contribution in [3.05, 3.63) is 54.1 Å². The van der Waals surface area contributed by atoms with Crippen LogP contribution in [0.15, 0.2) is 42.7 Å². The van der Waals surface area contributed by atoms with Crippen molar-refractivity contribution in [3.63, 3.8) is 0 Å². The Labute approximate surface area is 106 Å². The van der Waals surface area contributed by atoms with Gasteiger partial charge in [-0.05, 0) is 31.2 Å². The normalized spacial score (nSPS) is 10.4. The van der Waals surface area contributed by atoms with E-state index in [0.29, 0.717) is 6.54 Å². The number of aliphatic hydroxyl groups excluding tert-OH is 1. The third kappa shape index (κ3) is 2.49. The largest absolute Gasteiger partial charge is 0.392 e. The van der Waals surface area contributed by atoms with E-state index in [1.807, 2.05) is 17.9 Å². The molecule has 1 aromatic heterocycles. The zero-order valence-corrected chi connectivity index (χ0v) is 10.2. The van der Waals surface area contributed by atoms with Crippen LogP contribution in [-0.2, 0) is 6.61 Å². The van der Waals surface area contributed by atoms with Gasteiger partial charge in [-0.25, -0.2) is 4.39 Å². The molecular formula is C14H15FN2O. The highest BCUT2D eigenvalue weighted by Crippen LogP contribution is 2.28. The minimum Gasteiger partial charge on any atom is -0.392 e. The predicted octanol–water partition coefficient (Wildman–Crippen LogP) is 2.87. The van der Waals surface area contributed by atoms with E-state index >= 15 is 0 Å². The molecular weight excluding hydrogens is 231 g/mol. The lowest BCUT2D eigenvalue weighted by molar-refractivity contribution is 0.282. The average molecular weight is 246 g/mol. The molecule has 0 atom stereocenters. The van der Waals surface area contributed by atoms with E-state index in [2.05, 4.69) is 4.98 Å². The van der Waals surface area contributed by atoms with Gasteiger partial charge in [0.2, 0.25) is 0 Å². The van der Waals surface area contributed by atoms with Crippen LogP contribution in [0.25, 0.3) is 0 Å². The SMILES string of the molecule is CCN(c1cccc(F)c1)c1cnccc1CO. The van der Waals surface area contributed by atoms with Crippen LogP contribution in [0.2, 0.25) is 0 Å². The van der Waals surface area contributed by atoms with Crippen LogP contribution in [0.1, 0.15) is 12.5 Å². The van der Waals surface area contributed by atoms with Crippen LogP contribution in [0.4, 0.5) is 15.8 Å². The zero-order chi connectivity index (χ0) is 13.0. The molecule has 0 bridgehead atoms. The third-order valence-corrected chi connectivity index (χ3v) is 2.78. The van der Waals surface area contributed by atoms with Gasteiger partial charge in [-0.2, -0.15) is 0 Å². The summed E-state index contributed by atoms with van der Waals surface area (Å²) in [5.41, 5.74) is 2.32. The van der Waals surface area contributed by atoms with Gasteiger partial charge in [0.05, 0.1) is 18.5 Å². The van der Waals surface area contributed by atoms with E-state index in [9.17, 15) is 9.50 Å². The molecule has 0 amide bonds. The molecule has 0 radical (unpaired) electrons. The second-order valence-electron chi connectivity index (χ2n) is 3.89. The molecule has 2 aromatic rings. The topological polar surface area (TPSA) is 36.4 Å². The number of pyridine rings is 1. The van der Waals surface area contributed by atoms with Gasteiger partial charge >= 0.3 is 0 Å². The summed E-state index contributed by atoms with van der Waals surface area (Å²) in [6.45, 7) is 2.57. The Morgan fingerprint density at radius 1 is 1.33 bits per heavy atom. The smallest absolute Gasteiger partial charge is 0.125 e. The average Bonchev–Trinajstić information content (AvgIpc) is 2.40. The van der Waals surface area contributed by atoms with Crippen LogP contribution < -0.4 is 4.90 Å². The van der Waals surface area contributed by atoms with E-state index in [4.69, 9.17) is 0 Å². The monoisotopic (exact) mass is 246 g/mol. The van der Waals surface area contributed by atoms with Crippen LogP contribution in [-0.4, -0.2) is 16.6 Å². The molecule has 94 valence electrons. The molecule has 0 saturated heterocycles. The van der Waals surface area contributed by atoms with Crippen molar-refractivity contribution in [3.8, 4) is 0 Å². The number of hydrogen-bond acceptors (Lipinski definition) is 3. The van der Waals surface area contributed by atoms with Gasteiger partial charge in [-0.3, -0.25) is 4.98 Å². The number of halogens is 1. The lowest BCUT2D eigenvalue weighted by atomic mass is 10.2.